The zero-order chi connectivity index (χ0) is 19.1. The quantitative estimate of drug-likeness (QED) is 0.646. The highest BCUT2D eigenvalue weighted by molar-refractivity contribution is 5.76. The Morgan fingerprint density at radius 1 is 1.11 bits per heavy atom. The standard InChI is InChI=1S/C23H28FNO2/c1-2-23(26)25(20-8-4-5-9-20)17-18-11-13-21(14-12-18)27-16-15-19-7-3-6-10-22(19)24/h3,6-7,10-14,20H,2,4-5,8-9,15-17H2,1H3. The molecule has 0 N–H and O–H groups in total. The number of halogens is 1. The molecule has 0 unspecified atom stereocenters. The van der Waals surface area contributed by atoms with E-state index in [1.807, 2.05) is 42.2 Å². The molecular formula is C23H28FNO2. The lowest BCUT2D eigenvalue weighted by Gasteiger charge is -2.29. The average Bonchev–Trinajstić information content (AvgIpc) is 3.22. The highest BCUT2D eigenvalue weighted by atomic mass is 19.1. The van der Waals surface area contributed by atoms with Crippen molar-refractivity contribution in [1.82, 2.24) is 4.90 Å². The van der Waals surface area contributed by atoms with Crippen LogP contribution in [0.25, 0.3) is 0 Å². The molecule has 0 bridgehead atoms. The summed E-state index contributed by atoms with van der Waals surface area (Å²) in [5.74, 6) is 0.806. The summed E-state index contributed by atoms with van der Waals surface area (Å²) in [5, 5.41) is 0. The summed E-state index contributed by atoms with van der Waals surface area (Å²) in [7, 11) is 0. The first-order valence-electron chi connectivity index (χ1n) is 9.92. The molecule has 0 saturated heterocycles. The molecule has 0 radical (unpaired) electrons. The van der Waals surface area contributed by atoms with Gasteiger partial charge < -0.3 is 9.64 Å². The van der Waals surface area contributed by atoms with E-state index in [9.17, 15) is 9.18 Å². The number of benzene rings is 2. The predicted molar refractivity (Wildman–Crippen MR) is 105 cm³/mol. The Morgan fingerprint density at radius 2 is 1.81 bits per heavy atom. The minimum Gasteiger partial charge on any atom is -0.493 e. The van der Waals surface area contributed by atoms with Crippen LogP contribution in [0.2, 0.25) is 0 Å². The molecule has 1 fully saturated rings. The lowest BCUT2D eigenvalue weighted by Crippen LogP contribution is -2.37. The van der Waals surface area contributed by atoms with Crippen LogP contribution in [0.3, 0.4) is 0 Å². The number of carbonyl (C=O) groups excluding carboxylic acids is 1. The number of hydrogen-bond acceptors (Lipinski definition) is 2. The molecule has 3 rings (SSSR count). The monoisotopic (exact) mass is 369 g/mol. The van der Waals surface area contributed by atoms with E-state index in [4.69, 9.17) is 4.74 Å². The number of carbonyl (C=O) groups is 1. The van der Waals surface area contributed by atoms with Gasteiger partial charge in [-0.1, -0.05) is 50.1 Å². The van der Waals surface area contributed by atoms with Crippen molar-refractivity contribution in [3.05, 3.63) is 65.5 Å². The summed E-state index contributed by atoms with van der Waals surface area (Å²) in [5.41, 5.74) is 1.78. The van der Waals surface area contributed by atoms with Gasteiger partial charge in [-0.05, 0) is 42.2 Å². The third-order valence-corrected chi connectivity index (χ3v) is 5.26. The summed E-state index contributed by atoms with van der Waals surface area (Å²) >= 11 is 0. The van der Waals surface area contributed by atoms with Crippen molar-refractivity contribution in [1.29, 1.82) is 0 Å². The lowest BCUT2D eigenvalue weighted by molar-refractivity contribution is -0.133. The van der Waals surface area contributed by atoms with E-state index in [0.29, 0.717) is 37.6 Å². The largest absolute Gasteiger partial charge is 0.493 e. The third-order valence-electron chi connectivity index (χ3n) is 5.26. The van der Waals surface area contributed by atoms with Gasteiger partial charge in [0.1, 0.15) is 11.6 Å². The number of hydrogen-bond donors (Lipinski definition) is 0. The summed E-state index contributed by atoms with van der Waals surface area (Å²) in [6, 6.07) is 15.1. The molecular weight excluding hydrogens is 341 g/mol. The third kappa shape index (κ3) is 5.31. The molecule has 1 amide bonds. The molecule has 4 heteroatoms. The first kappa shape index (κ1) is 19.4. The molecule has 1 aliphatic carbocycles. The van der Waals surface area contributed by atoms with Gasteiger partial charge in [0.15, 0.2) is 0 Å². The van der Waals surface area contributed by atoms with Crippen LogP contribution in [0, 0.1) is 5.82 Å². The van der Waals surface area contributed by atoms with Crippen LogP contribution in [-0.2, 0) is 17.8 Å². The molecule has 0 aliphatic heterocycles. The van der Waals surface area contributed by atoms with Crippen molar-refractivity contribution >= 4 is 5.91 Å². The number of ether oxygens (including phenoxy) is 1. The molecule has 144 valence electrons. The average molecular weight is 369 g/mol. The SMILES string of the molecule is CCC(=O)N(Cc1ccc(OCCc2ccccc2F)cc1)C1CCCC1. The van der Waals surface area contributed by atoms with E-state index in [0.717, 1.165) is 24.2 Å². The highest BCUT2D eigenvalue weighted by Gasteiger charge is 2.25. The van der Waals surface area contributed by atoms with Crippen LogP contribution in [0.4, 0.5) is 4.39 Å². The fourth-order valence-corrected chi connectivity index (χ4v) is 3.71. The van der Waals surface area contributed by atoms with Gasteiger partial charge in [-0.3, -0.25) is 4.79 Å². The maximum absolute atomic E-state index is 13.6. The second kappa shape index (κ2) is 9.54. The van der Waals surface area contributed by atoms with Crippen LogP contribution in [0.1, 0.15) is 50.2 Å². The normalized spacial score (nSPS) is 14.3. The van der Waals surface area contributed by atoms with Crippen molar-refractivity contribution < 1.29 is 13.9 Å². The Hall–Kier alpha value is -2.36. The summed E-state index contributed by atoms with van der Waals surface area (Å²) in [6.07, 6.45) is 5.74. The second-order valence-corrected chi connectivity index (χ2v) is 7.15. The molecule has 27 heavy (non-hydrogen) atoms. The van der Waals surface area contributed by atoms with Crippen molar-refractivity contribution in [2.24, 2.45) is 0 Å². The van der Waals surface area contributed by atoms with Gasteiger partial charge in [-0.25, -0.2) is 4.39 Å². The summed E-state index contributed by atoms with van der Waals surface area (Å²) in [4.78, 5) is 14.4. The van der Waals surface area contributed by atoms with Crippen LogP contribution in [0.15, 0.2) is 48.5 Å². The van der Waals surface area contributed by atoms with E-state index in [1.54, 1.807) is 12.1 Å². The Kier molecular flexibility index (Phi) is 6.86. The fraction of sp³-hybridized carbons (Fsp3) is 0.435. The molecule has 0 heterocycles. The van der Waals surface area contributed by atoms with E-state index in [1.165, 1.54) is 18.9 Å². The maximum atomic E-state index is 13.6. The molecule has 0 spiro atoms. The number of nitrogens with zero attached hydrogens (tertiary/aromatic N) is 1. The predicted octanol–water partition coefficient (Wildman–Crippen LogP) is 5.13. The van der Waals surface area contributed by atoms with Crippen molar-refractivity contribution in [3.63, 3.8) is 0 Å². The van der Waals surface area contributed by atoms with Crippen molar-refractivity contribution in [2.75, 3.05) is 6.61 Å². The Bertz CT molecular complexity index is 738. The molecule has 0 atom stereocenters. The van der Waals surface area contributed by atoms with Crippen molar-refractivity contribution in [3.8, 4) is 5.75 Å². The zero-order valence-corrected chi connectivity index (χ0v) is 16.0. The van der Waals surface area contributed by atoms with Gasteiger partial charge in [0.05, 0.1) is 6.61 Å². The van der Waals surface area contributed by atoms with Crippen molar-refractivity contribution in [2.45, 2.75) is 58.0 Å². The molecule has 0 aromatic heterocycles. The Morgan fingerprint density at radius 3 is 2.48 bits per heavy atom. The first-order chi connectivity index (χ1) is 13.2. The molecule has 1 saturated carbocycles. The van der Waals surface area contributed by atoms with Gasteiger partial charge in [0.2, 0.25) is 5.91 Å². The van der Waals surface area contributed by atoms with Crippen LogP contribution in [-0.4, -0.2) is 23.5 Å². The van der Waals surface area contributed by atoms with E-state index in [2.05, 4.69) is 0 Å². The highest BCUT2D eigenvalue weighted by Crippen LogP contribution is 2.26. The number of rotatable bonds is 8. The second-order valence-electron chi connectivity index (χ2n) is 7.15. The van der Waals surface area contributed by atoms with Gasteiger partial charge in [0, 0.05) is 25.4 Å². The van der Waals surface area contributed by atoms with Gasteiger partial charge in [-0.2, -0.15) is 0 Å². The molecule has 2 aromatic rings. The van der Waals surface area contributed by atoms with Gasteiger partial charge in [-0.15, -0.1) is 0 Å². The van der Waals surface area contributed by atoms with E-state index in [-0.39, 0.29) is 11.7 Å². The van der Waals surface area contributed by atoms with E-state index < -0.39 is 0 Å². The molecule has 3 nitrogen and oxygen atoms in total. The van der Waals surface area contributed by atoms with E-state index >= 15 is 0 Å². The van der Waals surface area contributed by atoms with Crippen LogP contribution in [0.5, 0.6) is 5.75 Å². The topological polar surface area (TPSA) is 29.5 Å². The zero-order valence-electron chi connectivity index (χ0n) is 16.0. The lowest BCUT2D eigenvalue weighted by atomic mass is 10.1. The Balaban J connectivity index is 1.54. The van der Waals surface area contributed by atoms with Gasteiger partial charge in [0.25, 0.3) is 0 Å². The van der Waals surface area contributed by atoms with Gasteiger partial charge >= 0.3 is 0 Å². The number of amides is 1. The smallest absolute Gasteiger partial charge is 0.222 e. The Labute approximate surface area is 161 Å². The van der Waals surface area contributed by atoms with Crippen LogP contribution >= 0.6 is 0 Å². The minimum absolute atomic E-state index is 0.191. The molecule has 1 aliphatic rings. The minimum atomic E-state index is -0.191. The fourth-order valence-electron chi connectivity index (χ4n) is 3.71. The van der Waals surface area contributed by atoms with Crippen LogP contribution < -0.4 is 4.74 Å². The first-order valence-corrected chi connectivity index (χ1v) is 9.92. The maximum Gasteiger partial charge on any atom is 0.222 e. The molecule has 2 aromatic carbocycles. The summed E-state index contributed by atoms with van der Waals surface area (Å²) < 4.78 is 19.4. The summed E-state index contributed by atoms with van der Waals surface area (Å²) in [6.45, 7) is 3.02.